The van der Waals surface area contributed by atoms with E-state index < -0.39 is 21.5 Å². The fraction of sp³-hybridized carbons (Fsp3) is 0.167. The smallest absolute Gasteiger partial charge is 0.244 e. The summed E-state index contributed by atoms with van der Waals surface area (Å²) in [6.45, 7) is 2.34. The Kier molecular flexibility index (Phi) is 6.15. The van der Waals surface area contributed by atoms with Crippen LogP contribution >= 0.6 is 11.3 Å². The second-order valence-corrected chi connectivity index (χ2v) is 10.2. The molecule has 0 aliphatic heterocycles. The molecule has 0 spiro atoms. The minimum Gasteiger partial charge on any atom is -0.283 e. The molecule has 5 nitrogen and oxygen atoms in total. The molecule has 0 aliphatic rings. The third kappa shape index (κ3) is 4.84. The first-order valence-electron chi connectivity index (χ1n) is 9.98. The predicted octanol–water partition coefficient (Wildman–Crippen LogP) is 4.87. The molecule has 3 aromatic carbocycles. The van der Waals surface area contributed by atoms with Crippen LogP contribution in [-0.4, -0.2) is 25.1 Å². The number of sulfone groups is 1. The fourth-order valence-electron chi connectivity index (χ4n) is 3.27. The molecule has 31 heavy (non-hydrogen) atoms. The van der Waals surface area contributed by atoms with Gasteiger partial charge < -0.3 is 0 Å². The predicted molar refractivity (Wildman–Crippen MR) is 125 cm³/mol. The highest BCUT2D eigenvalue weighted by molar-refractivity contribution is 7.92. The number of aromatic nitrogens is 1. The Morgan fingerprint density at radius 3 is 2.29 bits per heavy atom. The molecule has 0 aliphatic carbocycles. The van der Waals surface area contributed by atoms with Crippen molar-refractivity contribution in [1.29, 1.82) is 0 Å². The van der Waals surface area contributed by atoms with Gasteiger partial charge in [0.15, 0.2) is 15.0 Å². The Labute approximate surface area is 185 Å². The van der Waals surface area contributed by atoms with Crippen molar-refractivity contribution in [2.24, 2.45) is 0 Å². The van der Waals surface area contributed by atoms with Gasteiger partial charge in [0.25, 0.3) is 0 Å². The van der Waals surface area contributed by atoms with Crippen molar-refractivity contribution in [1.82, 2.24) is 4.98 Å². The van der Waals surface area contributed by atoms with E-state index in [1.165, 1.54) is 33.9 Å². The molecule has 0 bridgehead atoms. The van der Waals surface area contributed by atoms with Gasteiger partial charge in [-0.15, -0.1) is 0 Å². The van der Waals surface area contributed by atoms with E-state index in [1.807, 2.05) is 42.5 Å². The van der Waals surface area contributed by atoms with E-state index in [0.717, 1.165) is 22.2 Å². The van der Waals surface area contributed by atoms with Gasteiger partial charge in [-0.2, -0.15) is 0 Å². The summed E-state index contributed by atoms with van der Waals surface area (Å²) >= 11 is 1.40. The van der Waals surface area contributed by atoms with Crippen molar-refractivity contribution in [2.75, 3.05) is 10.7 Å². The average molecular weight is 451 g/mol. The largest absolute Gasteiger partial charge is 0.283 e. The van der Waals surface area contributed by atoms with Gasteiger partial charge in [0.1, 0.15) is 5.75 Å². The van der Waals surface area contributed by atoms with Crippen molar-refractivity contribution in [3.05, 3.63) is 90.0 Å². The van der Waals surface area contributed by atoms with E-state index in [1.54, 1.807) is 18.2 Å². The summed E-state index contributed by atoms with van der Waals surface area (Å²) in [5.41, 5.74) is 2.89. The number of aryl methyl sites for hydroxylation is 1. The molecule has 158 valence electrons. The summed E-state index contributed by atoms with van der Waals surface area (Å²) in [5.74, 6) is -1.11. The van der Waals surface area contributed by atoms with Gasteiger partial charge in [-0.3, -0.25) is 9.69 Å². The minimum atomic E-state index is -3.76. The number of thiazole rings is 1. The van der Waals surface area contributed by atoms with Crippen LogP contribution < -0.4 is 4.90 Å². The van der Waals surface area contributed by atoms with Crippen LogP contribution in [0.4, 0.5) is 5.13 Å². The molecule has 1 amide bonds. The van der Waals surface area contributed by atoms with Gasteiger partial charge >= 0.3 is 0 Å². The number of hydrogen-bond acceptors (Lipinski definition) is 5. The van der Waals surface area contributed by atoms with Gasteiger partial charge in [0.2, 0.25) is 5.91 Å². The van der Waals surface area contributed by atoms with Crippen LogP contribution in [0.2, 0.25) is 0 Å². The average Bonchev–Trinajstić information content (AvgIpc) is 3.21. The lowest BCUT2D eigenvalue weighted by Crippen LogP contribution is -2.35. The number of nitrogens with zero attached hydrogens (tertiary/aromatic N) is 2. The zero-order chi connectivity index (χ0) is 21.8. The Balaban J connectivity index is 1.70. The van der Waals surface area contributed by atoms with Crippen LogP contribution in [0.25, 0.3) is 10.2 Å². The summed E-state index contributed by atoms with van der Waals surface area (Å²) in [6.07, 6.45) is 0.908. The molecular formula is C24H22N2O3S2. The highest BCUT2D eigenvalue weighted by Gasteiger charge is 2.26. The number of rotatable bonds is 7. The monoisotopic (exact) mass is 450 g/mol. The number of fused-ring (bicyclic) bond motifs is 1. The number of hydrogen-bond donors (Lipinski definition) is 0. The molecule has 0 unspecified atom stereocenters. The van der Waals surface area contributed by atoms with E-state index in [0.29, 0.717) is 5.13 Å². The van der Waals surface area contributed by atoms with E-state index in [9.17, 15) is 13.2 Å². The van der Waals surface area contributed by atoms with Crippen molar-refractivity contribution in [3.63, 3.8) is 0 Å². The Morgan fingerprint density at radius 2 is 1.61 bits per heavy atom. The van der Waals surface area contributed by atoms with Gasteiger partial charge in [-0.25, -0.2) is 13.4 Å². The number of benzene rings is 3. The second-order valence-electron chi connectivity index (χ2n) is 7.19. The normalized spacial score (nSPS) is 11.5. The van der Waals surface area contributed by atoms with Gasteiger partial charge in [-0.1, -0.05) is 72.9 Å². The third-order valence-electron chi connectivity index (χ3n) is 4.98. The second kappa shape index (κ2) is 8.99. The molecule has 0 fully saturated rings. The first kappa shape index (κ1) is 21.2. The van der Waals surface area contributed by atoms with Gasteiger partial charge in [0.05, 0.1) is 21.7 Å². The van der Waals surface area contributed by atoms with Crippen LogP contribution in [-0.2, 0) is 27.6 Å². The summed E-state index contributed by atoms with van der Waals surface area (Å²) in [6, 6.07) is 23.6. The lowest BCUT2D eigenvalue weighted by Gasteiger charge is -2.20. The number of carbonyl (C=O) groups excluding carboxylic acids is 1. The standard InChI is InChI=1S/C24H22N2O3S2/c1-2-18-13-14-21-22(15-18)30-24(25-21)26(16-19-9-5-3-6-10-19)23(27)17-31(28,29)20-11-7-4-8-12-20/h3-15H,2,16-17H2,1H3. The lowest BCUT2D eigenvalue weighted by atomic mass is 10.2. The Hall–Kier alpha value is -3.03. The SMILES string of the molecule is CCc1ccc2nc(N(Cc3ccccc3)C(=O)CS(=O)(=O)c3ccccc3)sc2c1. The molecule has 0 atom stereocenters. The van der Waals surface area contributed by atoms with Crippen molar-refractivity contribution < 1.29 is 13.2 Å². The van der Waals surface area contributed by atoms with Crippen LogP contribution in [0.3, 0.4) is 0 Å². The van der Waals surface area contributed by atoms with Crippen LogP contribution in [0, 0.1) is 0 Å². The summed E-state index contributed by atoms with van der Waals surface area (Å²) in [7, 11) is -3.76. The maximum atomic E-state index is 13.3. The maximum Gasteiger partial charge on any atom is 0.244 e. The highest BCUT2D eigenvalue weighted by Crippen LogP contribution is 2.31. The van der Waals surface area contributed by atoms with E-state index >= 15 is 0 Å². The lowest BCUT2D eigenvalue weighted by molar-refractivity contribution is -0.116. The molecule has 0 N–H and O–H groups in total. The molecule has 0 saturated carbocycles. The maximum absolute atomic E-state index is 13.3. The topological polar surface area (TPSA) is 67.3 Å². The number of amides is 1. The molecule has 1 aromatic heterocycles. The fourth-order valence-corrected chi connectivity index (χ4v) is 5.54. The van der Waals surface area contributed by atoms with Crippen molar-refractivity contribution >= 4 is 42.4 Å². The van der Waals surface area contributed by atoms with Crippen molar-refractivity contribution in [2.45, 2.75) is 24.8 Å². The van der Waals surface area contributed by atoms with E-state index in [-0.39, 0.29) is 11.4 Å². The summed E-state index contributed by atoms with van der Waals surface area (Å²) in [4.78, 5) is 19.5. The zero-order valence-electron chi connectivity index (χ0n) is 17.1. The first-order chi connectivity index (χ1) is 15.0. The molecule has 4 aromatic rings. The molecule has 0 saturated heterocycles. The number of carbonyl (C=O) groups is 1. The molecular weight excluding hydrogens is 428 g/mol. The number of anilines is 1. The highest BCUT2D eigenvalue weighted by atomic mass is 32.2. The van der Waals surface area contributed by atoms with Gasteiger partial charge in [0, 0.05) is 0 Å². The van der Waals surface area contributed by atoms with E-state index in [2.05, 4.69) is 18.0 Å². The van der Waals surface area contributed by atoms with Crippen molar-refractivity contribution in [3.8, 4) is 0 Å². The Bertz CT molecular complexity index is 1300. The summed E-state index contributed by atoms with van der Waals surface area (Å²) in [5, 5.41) is 0.500. The Morgan fingerprint density at radius 1 is 0.935 bits per heavy atom. The van der Waals surface area contributed by atoms with Crippen LogP contribution in [0.5, 0.6) is 0 Å². The summed E-state index contributed by atoms with van der Waals surface area (Å²) < 4.78 is 26.6. The molecule has 1 heterocycles. The molecule has 7 heteroatoms. The first-order valence-corrected chi connectivity index (χ1v) is 12.4. The van der Waals surface area contributed by atoms with Crippen LogP contribution in [0.15, 0.2) is 83.8 Å². The zero-order valence-corrected chi connectivity index (χ0v) is 18.7. The quantitative estimate of drug-likeness (QED) is 0.403. The van der Waals surface area contributed by atoms with Crippen LogP contribution in [0.1, 0.15) is 18.1 Å². The minimum absolute atomic E-state index is 0.139. The van der Waals surface area contributed by atoms with Gasteiger partial charge in [-0.05, 0) is 41.8 Å². The van der Waals surface area contributed by atoms with E-state index in [4.69, 9.17) is 0 Å². The molecule has 0 radical (unpaired) electrons. The molecule has 4 rings (SSSR count). The third-order valence-corrected chi connectivity index (χ3v) is 7.64.